The average Bonchev–Trinajstić information content (AvgIpc) is 3.30. The van der Waals surface area contributed by atoms with Crippen molar-refractivity contribution in [2.45, 2.75) is 29.6 Å². The van der Waals surface area contributed by atoms with Gasteiger partial charge in [-0.25, -0.2) is 4.98 Å². The van der Waals surface area contributed by atoms with E-state index in [1.165, 1.54) is 23.1 Å². The van der Waals surface area contributed by atoms with Gasteiger partial charge in [0.25, 0.3) is 0 Å². The number of aromatic nitrogens is 1. The number of thiazole rings is 1. The van der Waals surface area contributed by atoms with Crippen molar-refractivity contribution in [2.75, 3.05) is 18.2 Å². The van der Waals surface area contributed by atoms with Gasteiger partial charge in [0.2, 0.25) is 11.8 Å². The smallest absolute Gasteiger partial charge is 0.234 e. The van der Waals surface area contributed by atoms with E-state index in [0.29, 0.717) is 12.5 Å². The minimum Gasteiger partial charge on any atom is -0.497 e. The van der Waals surface area contributed by atoms with Crippen LogP contribution in [0.3, 0.4) is 0 Å². The number of amides is 2. The first-order valence-corrected chi connectivity index (χ1v) is 9.79. The van der Waals surface area contributed by atoms with Crippen molar-refractivity contribution >= 4 is 40.6 Å². The molecule has 0 saturated heterocycles. The molecule has 1 fully saturated rings. The molecule has 0 aliphatic heterocycles. The number of rotatable bonds is 8. The molecule has 2 aromatic rings. The lowest BCUT2D eigenvalue weighted by molar-refractivity contribution is -0.120. The van der Waals surface area contributed by atoms with E-state index in [0.717, 1.165) is 34.3 Å². The fourth-order valence-electron chi connectivity index (χ4n) is 2.11. The van der Waals surface area contributed by atoms with Gasteiger partial charge in [-0.1, -0.05) is 11.8 Å². The van der Waals surface area contributed by atoms with Crippen molar-refractivity contribution in [3.05, 3.63) is 35.3 Å². The summed E-state index contributed by atoms with van der Waals surface area (Å²) < 4.78 is 5.87. The monoisotopic (exact) mass is 377 g/mol. The highest BCUT2D eigenvalue weighted by molar-refractivity contribution is 8.01. The third-order valence-corrected chi connectivity index (χ3v) is 5.59. The Labute approximate surface area is 154 Å². The van der Waals surface area contributed by atoms with Crippen LogP contribution in [0.2, 0.25) is 0 Å². The zero-order valence-electron chi connectivity index (χ0n) is 13.8. The van der Waals surface area contributed by atoms with Crippen LogP contribution in [0.15, 0.2) is 34.0 Å². The number of methoxy groups -OCH3 is 1. The molecule has 1 aliphatic rings. The summed E-state index contributed by atoms with van der Waals surface area (Å²) in [6.45, 7) is 0. The highest BCUT2D eigenvalue weighted by Crippen LogP contribution is 2.24. The Hall–Kier alpha value is -2.06. The van der Waals surface area contributed by atoms with Crippen molar-refractivity contribution in [3.63, 3.8) is 0 Å². The average molecular weight is 377 g/mol. The summed E-state index contributed by atoms with van der Waals surface area (Å²) in [5.41, 5.74) is 1.48. The molecule has 25 heavy (non-hydrogen) atoms. The molecule has 2 amide bonds. The Bertz CT molecular complexity index is 742. The number of nitrogens with one attached hydrogen (secondary N) is 2. The highest BCUT2D eigenvalue weighted by atomic mass is 32.2. The zero-order chi connectivity index (χ0) is 17.6. The van der Waals surface area contributed by atoms with Crippen LogP contribution in [0.1, 0.15) is 18.5 Å². The normalized spacial score (nSPS) is 13.3. The number of anilines is 1. The summed E-state index contributed by atoms with van der Waals surface area (Å²) >= 11 is 2.82. The zero-order valence-corrected chi connectivity index (χ0v) is 15.4. The maximum Gasteiger partial charge on any atom is 0.234 e. The van der Waals surface area contributed by atoms with Gasteiger partial charge in [0.1, 0.15) is 5.75 Å². The van der Waals surface area contributed by atoms with Crippen LogP contribution in [-0.2, 0) is 16.0 Å². The molecule has 1 aromatic carbocycles. The summed E-state index contributed by atoms with van der Waals surface area (Å²) in [6, 6.07) is 7.54. The van der Waals surface area contributed by atoms with Gasteiger partial charge >= 0.3 is 0 Å². The number of benzene rings is 1. The molecule has 1 saturated carbocycles. The van der Waals surface area contributed by atoms with Crippen LogP contribution < -0.4 is 15.4 Å². The van der Waals surface area contributed by atoms with E-state index in [1.807, 2.05) is 5.38 Å². The SMILES string of the molecule is COc1ccc(NC(=O)CSc2nc(CC(=O)NC3CC3)cs2)cc1. The van der Waals surface area contributed by atoms with E-state index < -0.39 is 0 Å². The van der Waals surface area contributed by atoms with Gasteiger partial charge in [-0.3, -0.25) is 9.59 Å². The third-order valence-electron chi connectivity index (χ3n) is 3.52. The molecule has 132 valence electrons. The standard InChI is InChI=1S/C17H19N3O3S2/c1-23-14-6-4-12(5-7-14)19-16(22)10-25-17-20-13(9-24-17)8-15(21)18-11-2-3-11/h4-7,9,11H,2-3,8,10H2,1H3,(H,18,21)(H,19,22). The number of thioether (sulfide) groups is 1. The predicted molar refractivity (Wildman–Crippen MR) is 99.3 cm³/mol. The first kappa shape index (κ1) is 17.8. The topological polar surface area (TPSA) is 80.3 Å². The Morgan fingerprint density at radius 1 is 1.28 bits per heavy atom. The predicted octanol–water partition coefficient (Wildman–Crippen LogP) is 2.70. The second-order valence-corrected chi connectivity index (χ2v) is 7.77. The number of carbonyl (C=O) groups excluding carboxylic acids is 2. The van der Waals surface area contributed by atoms with Gasteiger partial charge in [-0.2, -0.15) is 0 Å². The Balaban J connectivity index is 1.42. The van der Waals surface area contributed by atoms with Crippen molar-refractivity contribution in [3.8, 4) is 5.75 Å². The summed E-state index contributed by atoms with van der Waals surface area (Å²) in [5, 5.41) is 7.64. The molecule has 0 unspecified atom stereocenters. The van der Waals surface area contributed by atoms with E-state index in [9.17, 15) is 9.59 Å². The lowest BCUT2D eigenvalue weighted by Crippen LogP contribution is -2.27. The van der Waals surface area contributed by atoms with Crippen LogP contribution in [0.4, 0.5) is 5.69 Å². The first-order valence-electron chi connectivity index (χ1n) is 7.93. The molecule has 0 radical (unpaired) electrons. The number of hydrogen-bond acceptors (Lipinski definition) is 6. The number of hydrogen-bond donors (Lipinski definition) is 2. The van der Waals surface area contributed by atoms with E-state index in [4.69, 9.17) is 4.74 Å². The fraction of sp³-hybridized carbons (Fsp3) is 0.353. The molecule has 0 bridgehead atoms. The molecule has 1 aliphatic carbocycles. The molecule has 1 aromatic heterocycles. The van der Waals surface area contributed by atoms with E-state index in [2.05, 4.69) is 15.6 Å². The summed E-state index contributed by atoms with van der Waals surface area (Å²) in [5.74, 6) is 0.932. The van der Waals surface area contributed by atoms with Crippen LogP contribution in [0, 0.1) is 0 Å². The molecular formula is C17H19N3O3S2. The summed E-state index contributed by atoms with van der Waals surface area (Å²) in [4.78, 5) is 28.2. The van der Waals surface area contributed by atoms with Gasteiger partial charge in [0.05, 0.1) is 25.0 Å². The minimum absolute atomic E-state index is 0.0154. The number of ether oxygens (including phenoxy) is 1. The lowest BCUT2D eigenvalue weighted by Gasteiger charge is -2.05. The van der Waals surface area contributed by atoms with Crippen molar-refractivity contribution in [1.82, 2.24) is 10.3 Å². The van der Waals surface area contributed by atoms with Gasteiger partial charge < -0.3 is 15.4 Å². The van der Waals surface area contributed by atoms with Gasteiger partial charge in [0.15, 0.2) is 4.34 Å². The van der Waals surface area contributed by atoms with Gasteiger partial charge in [-0.15, -0.1) is 11.3 Å². The van der Waals surface area contributed by atoms with Crippen LogP contribution in [-0.4, -0.2) is 35.7 Å². The number of carbonyl (C=O) groups is 2. The minimum atomic E-state index is -0.0987. The fourth-order valence-corrected chi connectivity index (χ4v) is 3.75. The van der Waals surface area contributed by atoms with Crippen molar-refractivity contribution in [2.24, 2.45) is 0 Å². The largest absolute Gasteiger partial charge is 0.497 e. The Morgan fingerprint density at radius 3 is 2.72 bits per heavy atom. The summed E-state index contributed by atoms with van der Waals surface area (Å²) in [6.07, 6.45) is 2.45. The maximum absolute atomic E-state index is 12.0. The highest BCUT2D eigenvalue weighted by Gasteiger charge is 2.23. The molecule has 1 heterocycles. The molecule has 6 nitrogen and oxygen atoms in total. The van der Waals surface area contributed by atoms with E-state index in [1.54, 1.807) is 31.4 Å². The van der Waals surface area contributed by atoms with Gasteiger partial charge in [-0.05, 0) is 37.1 Å². The number of nitrogens with zero attached hydrogens (tertiary/aromatic N) is 1. The molecule has 2 N–H and O–H groups in total. The lowest BCUT2D eigenvalue weighted by atomic mass is 10.3. The third kappa shape index (κ3) is 5.75. The second-order valence-electron chi connectivity index (χ2n) is 5.69. The molecule has 8 heteroatoms. The van der Waals surface area contributed by atoms with Gasteiger partial charge in [0, 0.05) is 17.1 Å². The molecule has 0 spiro atoms. The summed E-state index contributed by atoms with van der Waals surface area (Å²) in [7, 11) is 1.60. The molecule has 3 rings (SSSR count). The van der Waals surface area contributed by atoms with Crippen molar-refractivity contribution in [1.29, 1.82) is 0 Å². The van der Waals surface area contributed by atoms with E-state index in [-0.39, 0.29) is 17.6 Å². The first-order chi connectivity index (χ1) is 12.1. The Morgan fingerprint density at radius 2 is 2.04 bits per heavy atom. The molecule has 0 atom stereocenters. The maximum atomic E-state index is 12.0. The van der Waals surface area contributed by atoms with Crippen molar-refractivity contribution < 1.29 is 14.3 Å². The van der Waals surface area contributed by atoms with E-state index >= 15 is 0 Å². The Kier molecular flexibility index (Phi) is 5.93. The van der Waals surface area contributed by atoms with Crippen LogP contribution in [0.5, 0.6) is 5.75 Å². The quantitative estimate of drug-likeness (QED) is 0.692. The van der Waals surface area contributed by atoms with Crippen LogP contribution in [0.25, 0.3) is 0 Å². The van der Waals surface area contributed by atoms with Crippen LogP contribution >= 0.6 is 23.1 Å². The second kappa shape index (κ2) is 8.35. The molecular weight excluding hydrogens is 358 g/mol.